The lowest BCUT2D eigenvalue weighted by atomic mass is 9.85. The first-order chi connectivity index (χ1) is 13.0. The molecule has 1 aromatic rings. The number of benzene rings is 1. The van der Waals surface area contributed by atoms with E-state index >= 15 is 0 Å². The zero-order valence-electron chi connectivity index (χ0n) is 14.9. The van der Waals surface area contributed by atoms with E-state index in [1.165, 1.54) is 0 Å². The molecule has 1 saturated carbocycles. The quantitative estimate of drug-likeness (QED) is 0.484. The van der Waals surface area contributed by atoms with Gasteiger partial charge < -0.3 is 10.1 Å². The summed E-state index contributed by atoms with van der Waals surface area (Å²) >= 11 is 0. The number of hydrogen-bond donors (Lipinski definition) is 1. The van der Waals surface area contributed by atoms with Crippen molar-refractivity contribution in [2.24, 2.45) is 23.7 Å². The van der Waals surface area contributed by atoms with Crippen molar-refractivity contribution < 1.29 is 23.9 Å². The lowest BCUT2D eigenvalue weighted by molar-refractivity contribution is -0.143. The Kier molecular flexibility index (Phi) is 4.30. The molecule has 0 spiro atoms. The van der Waals surface area contributed by atoms with Gasteiger partial charge in [-0.15, -0.1) is 0 Å². The Labute approximate surface area is 156 Å². The number of amides is 3. The van der Waals surface area contributed by atoms with Crippen LogP contribution in [0.1, 0.15) is 23.7 Å². The summed E-state index contributed by atoms with van der Waals surface area (Å²) < 4.78 is 4.91. The Bertz CT molecular complexity index is 814. The van der Waals surface area contributed by atoms with E-state index in [1.54, 1.807) is 31.2 Å². The molecule has 0 aromatic heterocycles. The number of nitrogens with one attached hydrogen (secondary N) is 1. The third-order valence-electron chi connectivity index (χ3n) is 5.54. The second-order valence-electron chi connectivity index (χ2n) is 7.11. The summed E-state index contributed by atoms with van der Waals surface area (Å²) in [4.78, 5) is 50.2. The molecule has 1 aromatic carbocycles. The predicted molar refractivity (Wildman–Crippen MR) is 95.5 cm³/mol. The van der Waals surface area contributed by atoms with Crippen molar-refractivity contribution in [1.29, 1.82) is 0 Å². The van der Waals surface area contributed by atoms with Crippen molar-refractivity contribution in [1.82, 2.24) is 4.90 Å². The summed E-state index contributed by atoms with van der Waals surface area (Å²) in [7, 11) is 0. The van der Waals surface area contributed by atoms with Gasteiger partial charge >= 0.3 is 5.97 Å². The Morgan fingerprint density at radius 3 is 2.22 bits per heavy atom. The lowest BCUT2D eigenvalue weighted by Gasteiger charge is -2.16. The van der Waals surface area contributed by atoms with Crippen molar-refractivity contribution in [3.63, 3.8) is 0 Å². The number of fused-ring (bicyclic) bond motifs is 5. The van der Waals surface area contributed by atoms with Crippen LogP contribution in [0.5, 0.6) is 0 Å². The highest BCUT2D eigenvalue weighted by Gasteiger charge is 2.59. The maximum atomic E-state index is 12.6. The molecular formula is C20H20N2O5. The van der Waals surface area contributed by atoms with E-state index in [2.05, 4.69) is 5.32 Å². The minimum Gasteiger partial charge on any atom is -0.462 e. The summed E-state index contributed by atoms with van der Waals surface area (Å²) in [5.74, 6) is -1.71. The number of carbonyl (C=O) groups excluding carboxylic acids is 4. The highest BCUT2D eigenvalue weighted by atomic mass is 16.5. The summed E-state index contributed by atoms with van der Waals surface area (Å²) in [5.41, 5.74) is 0.865. The zero-order valence-corrected chi connectivity index (χ0v) is 14.9. The van der Waals surface area contributed by atoms with Crippen LogP contribution in [0.4, 0.5) is 5.69 Å². The number of esters is 1. The molecule has 7 nitrogen and oxygen atoms in total. The Hall–Kier alpha value is -2.96. The number of allylic oxidation sites excluding steroid dienone is 2. The molecule has 1 N–H and O–H groups in total. The number of ether oxygens (including phenoxy) is 1. The molecule has 7 heteroatoms. The summed E-state index contributed by atoms with van der Waals surface area (Å²) in [6.45, 7) is 1.72. The maximum Gasteiger partial charge on any atom is 0.338 e. The van der Waals surface area contributed by atoms with Crippen molar-refractivity contribution >= 4 is 29.4 Å². The largest absolute Gasteiger partial charge is 0.462 e. The molecule has 2 bridgehead atoms. The van der Waals surface area contributed by atoms with E-state index in [-0.39, 0.29) is 48.6 Å². The molecule has 0 unspecified atom stereocenters. The first kappa shape index (κ1) is 17.5. The van der Waals surface area contributed by atoms with Crippen LogP contribution in [-0.2, 0) is 19.1 Å². The highest BCUT2D eigenvalue weighted by Crippen LogP contribution is 2.52. The molecule has 0 radical (unpaired) electrons. The van der Waals surface area contributed by atoms with Gasteiger partial charge in [-0.1, -0.05) is 12.2 Å². The van der Waals surface area contributed by atoms with Crippen molar-refractivity contribution in [3.05, 3.63) is 42.0 Å². The lowest BCUT2D eigenvalue weighted by Crippen LogP contribution is -2.39. The number of rotatable bonds is 5. The van der Waals surface area contributed by atoms with Crippen LogP contribution in [0.2, 0.25) is 0 Å². The predicted octanol–water partition coefficient (Wildman–Crippen LogP) is 1.61. The number of nitrogens with zero attached hydrogens (tertiary/aromatic N) is 1. The number of likely N-dealkylation sites (tertiary alicyclic amines) is 1. The second kappa shape index (κ2) is 6.64. The van der Waals surface area contributed by atoms with E-state index in [9.17, 15) is 19.2 Å². The third kappa shape index (κ3) is 2.93. The third-order valence-corrected chi connectivity index (χ3v) is 5.54. The Balaban J connectivity index is 1.38. The van der Waals surface area contributed by atoms with E-state index in [0.29, 0.717) is 11.3 Å². The van der Waals surface area contributed by atoms with Gasteiger partial charge in [0, 0.05) is 5.69 Å². The highest BCUT2D eigenvalue weighted by molar-refractivity contribution is 6.09. The molecule has 1 heterocycles. The molecule has 2 fully saturated rings. The van der Waals surface area contributed by atoms with Gasteiger partial charge in [0.15, 0.2) is 0 Å². The number of hydrogen-bond acceptors (Lipinski definition) is 5. The van der Waals surface area contributed by atoms with Gasteiger partial charge in [0.1, 0.15) is 6.54 Å². The van der Waals surface area contributed by atoms with Gasteiger partial charge in [-0.05, 0) is 49.4 Å². The molecule has 27 heavy (non-hydrogen) atoms. The van der Waals surface area contributed by atoms with Gasteiger partial charge in [0.25, 0.3) is 0 Å². The summed E-state index contributed by atoms with van der Waals surface area (Å²) in [6.07, 6.45) is 4.90. The minimum atomic E-state index is -0.444. The van der Waals surface area contributed by atoms with Crippen LogP contribution in [0.25, 0.3) is 0 Å². The molecule has 140 valence electrons. The first-order valence-electron chi connectivity index (χ1n) is 9.10. The van der Waals surface area contributed by atoms with E-state index < -0.39 is 11.9 Å². The molecule has 2 aliphatic carbocycles. The van der Waals surface area contributed by atoms with E-state index in [0.717, 1.165) is 11.3 Å². The van der Waals surface area contributed by atoms with Crippen molar-refractivity contribution in [2.45, 2.75) is 13.3 Å². The summed E-state index contributed by atoms with van der Waals surface area (Å²) in [6, 6.07) is 6.26. The zero-order chi connectivity index (χ0) is 19.1. The van der Waals surface area contributed by atoms with Crippen LogP contribution in [0, 0.1) is 23.7 Å². The molecule has 4 atom stereocenters. The van der Waals surface area contributed by atoms with Crippen LogP contribution in [-0.4, -0.2) is 41.7 Å². The number of carbonyl (C=O) groups is 4. The molecule has 3 amide bonds. The monoisotopic (exact) mass is 368 g/mol. The fraction of sp³-hybridized carbons (Fsp3) is 0.400. The van der Waals surface area contributed by atoms with Gasteiger partial charge in [-0.3, -0.25) is 19.3 Å². The smallest absolute Gasteiger partial charge is 0.338 e. The van der Waals surface area contributed by atoms with E-state index in [1.807, 2.05) is 12.2 Å². The average molecular weight is 368 g/mol. The van der Waals surface area contributed by atoms with Crippen molar-refractivity contribution in [2.75, 3.05) is 18.5 Å². The molecule has 3 aliphatic rings. The Morgan fingerprint density at radius 2 is 1.67 bits per heavy atom. The first-order valence-corrected chi connectivity index (χ1v) is 9.10. The van der Waals surface area contributed by atoms with Crippen molar-refractivity contribution in [3.8, 4) is 0 Å². The van der Waals surface area contributed by atoms with Crippen LogP contribution in [0.3, 0.4) is 0 Å². The van der Waals surface area contributed by atoms with E-state index in [4.69, 9.17) is 4.74 Å². The van der Waals surface area contributed by atoms with Gasteiger partial charge in [-0.25, -0.2) is 4.79 Å². The molecule has 1 saturated heterocycles. The van der Waals surface area contributed by atoms with Crippen LogP contribution >= 0.6 is 0 Å². The SMILES string of the molecule is CCOC(=O)c1ccc(NC(=O)CN2C(=O)[C@@H]3[C@H](C2=O)[C@@H]2C=C[C@H]3C2)cc1. The topological polar surface area (TPSA) is 92.8 Å². The fourth-order valence-corrected chi connectivity index (χ4v) is 4.37. The molecule has 1 aliphatic heterocycles. The second-order valence-corrected chi connectivity index (χ2v) is 7.11. The Morgan fingerprint density at radius 1 is 1.07 bits per heavy atom. The fourth-order valence-electron chi connectivity index (χ4n) is 4.37. The van der Waals surface area contributed by atoms with Crippen LogP contribution < -0.4 is 5.32 Å². The average Bonchev–Trinajstić information content (AvgIpc) is 3.32. The number of anilines is 1. The molecule has 4 rings (SSSR count). The van der Waals surface area contributed by atoms with Crippen LogP contribution in [0.15, 0.2) is 36.4 Å². The van der Waals surface area contributed by atoms with Gasteiger partial charge in [0.2, 0.25) is 17.7 Å². The standard InChI is InChI=1S/C20H20N2O5/c1-2-27-20(26)11-5-7-14(8-6-11)21-15(23)10-22-18(24)16-12-3-4-13(9-12)17(16)19(22)25/h3-8,12-13,16-17H,2,9-10H2,1H3,(H,21,23)/t12-,13+,16-,17+. The van der Waals surface area contributed by atoms with Gasteiger partial charge in [0.05, 0.1) is 24.0 Å². The maximum absolute atomic E-state index is 12.6. The molecular weight excluding hydrogens is 348 g/mol. The number of imide groups is 1. The van der Waals surface area contributed by atoms with Gasteiger partial charge in [-0.2, -0.15) is 0 Å². The minimum absolute atomic E-state index is 0.125. The normalized spacial score (nSPS) is 27.8. The summed E-state index contributed by atoms with van der Waals surface area (Å²) in [5, 5.41) is 2.66.